The van der Waals surface area contributed by atoms with Gasteiger partial charge in [0, 0.05) is 12.4 Å². The summed E-state index contributed by atoms with van der Waals surface area (Å²) in [5, 5.41) is 0. The van der Waals surface area contributed by atoms with Crippen LogP contribution >= 0.6 is 0 Å². The highest BCUT2D eigenvalue weighted by Gasteiger charge is 2.34. The molecule has 0 unspecified atom stereocenters. The van der Waals surface area contributed by atoms with Crippen molar-refractivity contribution in [2.24, 2.45) is 0 Å². The predicted octanol–water partition coefficient (Wildman–Crippen LogP) is 1.30. The number of piperazine rings is 1. The molecule has 0 radical (unpaired) electrons. The second-order valence-electron chi connectivity index (χ2n) is 5.33. The average molecular weight is 233 g/mol. The van der Waals surface area contributed by atoms with Gasteiger partial charge in [0.15, 0.2) is 0 Å². The zero-order valence-electron chi connectivity index (χ0n) is 10.4. The molecule has 92 valence electrons. The minimum atomic E-state index is 0.905. The maximum Gasteiger partial charge on any atom is 0.225 e. The summed E-state index contributed by atoms with van der Waals surface area (Å²) in [5.41, 5.74) is 0. The third-order valence-electron chi connectivity index (χ3n) is 4.29. The van der Waals surface area contributed by atoms with E-state index in [0.29, 0.717) is 0 Å². The van der Waals surface area contributed by atoms with Crippen LogP contribution in [0.2, 0.25) is 0 Å². The Balaban J connectivity index is 1.64. The monoisotopic (exact) mass is 233 g/mol. The largest absolute Gasteiger partial charge is 0.330 e. The van der Waals surface area contributed by atoms with Crippen LogP contribution in [0.5, 0.6) is 0 Å². The summed E-state index contributed by atoms with van der Waals surface area (Å²) in [4.78, 5) is 11.0. The van der Waals surface area contributed by atoms with E-state index < -0.39 is 0 Å². The summed E-state index contributed by atoms with van der Waals surface area (Å²) < 4.78 is 1.35. The molecule has 3 rings (SSSR count). The molecule has 2 saturated heterocycles. The normalized spacial score (nSPS) is 23.9. The van der Waals surface area contributed by atoms with Gasteiger partial charge in [0.1, 0.15) is 0 Å². The Morgan fingerprint density at radius 3 is 2.18 bits per heavy atom. The molecule has 0 amide bonds. The van der Waals surface area contributed by atoms with Crippen LogP contribution in [0.1, 0.15) is 19.3 Å². The summed E-state index contributed by atoms with van der Waals surface area (Å²) in [6.45, 7) is 7.57. The fourth-order valence-electron chi connectivity index (χ4n) is 3.17. The molecule has 1 aromatic heterocycles. The van der Waals surface area contributed by atoms with Crippen LogP contribution < -0.4 is 4.90 Å². The van der Waals surface area contributed by atoms with Crippen molar-refractivity contribution in [3.8, 4) is 0 Å². The van der Waals surface area contributed by atoms with Gasteiger partial charge in [-0.2, -0.15) is 0 Å². The second-order valence-corrected chi connectivity index (χ2v) is 5.33. The lowest BCUT2D eigenvalue weighted by Crippen LogP contribution is -2.61. The van der Waals surface area contributed by atoms with Crippen LogP contribution in [-0.4, -0.2) is 53.7 Å². The predicted molar refractivity (Wildman–Crippen MR) is 67.8 cm³/mol. The second kappa shape index (κ2) is 4.61. The molecule has 17 heavy (non-hydrogen) atoms. The first-order valence-corrected chi connectivity index (χ1v) is 6.75. The van der Waals surface area contributed by atoms with Gasteiger partial charge in [-0.15, -0.1) is 0 Å². The summed E-state index contributed by atoms with van der Waals surface area (Å²) in [6, 6.07) is 1.88. The van der Waals surface area contributed by atoms with E-state index in [-0.39, 0.29) is 0 Å². The van der Waals surface area contributed by atoms with E-state index in [1.807, 2.05) is 18.5 Å². The number of nitrogens with zero attached hydrogens (tertiary/aromatic N) is 4. The van der Waals surface area contributed by atoms with Gasteiger partial charge in [0.2, 0.25) is 5.95 Å². The SMILES string of the molecule is c1cnc(N2CC[N+]3(CCCCC3)CC2)nc1. The van der Waals surface area contributed by atoms with Gasteiger partial charge < -0.3 is 9.38 Å². The molecule has 1 aromatic rings. The lowest BCUT2D eigenvalue weighted by molar-refractivity contribution is -0.932. The van der Waals surface area contributed by atoms with Crippen LogP contribution in [0.3, 0.4) is 0 Å². The first kappa shape index (κ1) is 11.0. The van der Waals surface area contributed by atoms with Crippen molar-refractivity contribution < 1.29 is 4.48 Å². The van der Waals surface area contributed by atoms with Gasteiger partial charge in [-0.1, -0.05) is 0 Å². The molecular formula is C13H21N4+. The van der Waals surface area contributed by atoms with Crippen molar-refractivity contribution in [1.29, 1.82) is 0 Å². The summed E-state index contributed by atoms with van der Waals surface area (Å²) in [7, 11) is 0. The Morgan fingerprint density at radius 2 is 1.53 bits per heavy atom. The lowest BCUT2D eigenvalue weighted by atomic mass is 10.1. The molecule has 4 heteroatoms. The quantitative estimate of drug-likeness (QED) is 0.685. The number of anilines is 1. The van der Waals surface area contributed by atoms with E-state index in [9.17, 15) is 0 Å². The zero-order valence-corrected chi connectivity index (χ0v) is 10.4. The minimum Gasteiger partial charge on any atom is -0.330 e. The van der Waals surface area contributed by atoms with E-state index in [2.05, 4.69) is 14.9 Å². The number of hydrogen-bond acceptors (Lipinski definition) is 3. The van der Waals surface area contributed by atoms with Crippen molar-refractivity contribution in [1.82, 2.24) is 9.97 Å². The standard InChI is InChI=1S/C13H21N4/c1-2-9-17(10-3-1)11-7-16(8-12-17)13-14-5-4-6-15-13/h4-6H,1-3,7-12H2/q+1. The molecular weight excluding hydrogens is 212 g/mol. The molecule has 3 heterocycles. The molecule has 0 aromatic carbocycles. The van der Waals surface area contributed by atoms with Crippen molar-refractivity contribution in [3.63, 3.8) is 0 Å². The number of quaternary nitrogens is 1. The first-order chi connectivity index (χ1) is 8.38. The smallest absolute Gasteiger partial charge is 0.225 e. The molecule has 0 aliphatic carbocycles. The Labute approximate surface area is 103 Å². The number of rotatable bonds is 1. The van der Waals surface area contributed by atoms with Gasteiger partial charge in [0.05, 0.1) is 39.3 Å². The third kappa shape index (κ3) is 2.27. The summed E-state index contributed by atoms with van der Waals surface area (Å²) in [6.07, 6.45) is 7.94. The van der Waals surface area contributed by atoms with Gasteiger partial charge in [-0.3, -0.25) is 0 Å². The van der Waals surface area contributed by atoms with E-state index in [4.69, 9.17) is 0 Å². The van der Waals surface area contributed by atoms with Crippen LogP contribution in [0.25, 0.3) is 0 Å². The van der Waals surface area contributed by atoms with Crippen molar-refractivity contribution >= 4 is 5.95 Å². The van der Waals surface area contributed by atoms with Crippen LogP contribution in [0.15, 0.2) is 18.5 Å². The van der Waals surface area contributed by atoms with Crippen LogP contribution in [0, 0.1) is 0 Å². The Kier molecular flexibility index (Phi) is 2.97. The average Bonchev–Trinajstić information content (AvgIpc) is 2.42. The molecule has 1 spiro atoms. The van der Waals surface area contributed by atoms with Gasteiger partial charge in [-0.25, -0.2) is 9.97 Å². The van der Waals surface area contributed by atoms with E-state index in [1.54, 1.807) is 0 Å². The van der Waals surface area contributed by atoms with Gasteiger partial charge in [-0.05, 0) is 25.3 Å². The lowest BCUT2D eigenvalue weighted by Gasteiger charge is -2.46. The summed E-state index contributed by atoms with van der Waals surface area (Å²) in [5.74, 6) is 0.905. The highest BCUT2D eigenvalue weighted by Crippen LogP contribution is 2.22. The molecule has 0 bridgehead atoms. The number of piperidine rings is 1. The van der Waals surface area contributed by atoms with Crippen molar-refractivity contribution in [2.75, 3.05) is 44.2 Å². The minimum absolute atomic E-state index is 0.905. The van der Waals surface area contributed by atoms with Crippen LogP contribution in [-0.2, 0) is 0 Å². The number of aromatic nitrogens is 2. The topological polar surface area (TPSA) is 29.0 Å². The Bertz CT molecular complexity index is 349. The fraction of sp³-hybridized carbons (Fsp3) is 0.692. The number of hydrogen-bond donors (Lipinski definition) is 0. The highest BCUT2D eigenvalue weighted by atomic mass is 15.4. The van der Waals surface area contributed by atoms with Gasteiger partial charge >= 0.3 is 0 Å². The maximum atomic E-state index is 4.34. The van der Waals surface area contributed by atoms with E-state index >= 15 is 0 Å². The fourth-order valence-corrected chi connectivity index (χ4v) is 3.17. The third-order valence-corrected chi connectivity index (χ3v) is 4.29. The molecule has 2 aliphatic heterocycles. The molecule has 0 saturated carbocycles. The molecule has 2 aliphatic rings. The maximum absolute atomic E-state index is 4.34. The van der Waals surface area contributed by atoms with Gasteiger partial charge in [0.25, 0.3) is 0 Å². The Morgan fingerprint density at radius 1 is 0.882 bits per heavy atom. The van der Waals surface area contributed by atoms with E-state index in [0.717, 1.165) is 19.0 Å². The molecule has 0 N–H and O–H groups in total. The zero-order chi connectivity index (χ0) is 11.6. The van der Waals surface area contributed by atoms with Crippen molar-refractivity contribution in [2.45, 2.75) is 19.3 Å². The highest BCUT2D eigenvalue weighted by molar-refractivity contribution is 5.28. The van der Waals surface area contributed by atoms with Crippen molar-refractivity contribution in [3.05, 3.63) is 18.5 Å². The summed E-state index contributed by atoms with van der Waals surface area (Å²) >= 11 is 0. The first-order valence-electron chi connectivity index (χ1n) is 6.75. The molecule has 4 nitrogen and oxygen atoms in total. The molecule has 2 fully saturated rings. The van der Waals surface area contributed by atoms with E-state index in [1.165, 1.54) is 49.9 Å². The van der Waals surface area contributed by atoms with Crippen LogP contribution in [0.4, 0.5) is 5.95 Å². The Hall–Kier alpha value is -1.16. The molecule has 0 atom stereocenters.